The average molecular weight is 873 g/mol. The topological polar surface area (TPSA) is 225 Å². The SMILES string of the molecule is CCCCCCCC/C=C\CCCCCC(=O)OCC(O)COP(=O)(O)OCC(O)COP(=O)(O)OCC(O)COC(=O)CCCCC/C=C\CCCCCCCC. The van der Waals surface area contributed by atoms with Gasteiger partial charge >= 0.3 is 27.6 Å². The highest BCUT2D eigenvalue weighted by molar-refractivity contribution is 7.47. The molecule has 15 nitrogen and oxygen atoms in total. The molecule has 0 radical (unpaired) electrons. The summed E-state index contributed by atoms with van der Waals surface area (Å²) < 4.78 is 52.8. The zero-order valence-corrected chi connectivity index (χ0v) is 37.3. The van der Waals surface area contributed by atoms with E-state index in [4.69, 9.17) is 9.47 Å². The molecule has 0 rings (SSSR count). The average Bonchev–Trinajstić information content (AvgIpc) is 3.19. The first-order valence-corrected chi connectivity index (χ1v) is 24.7. The summed E-state index contributed by atoms with van der Waals surface area (Å²) in [6, 6.07) is 0. The minimum absolute atomic E-state index is 0.177. The van der Waals surface area contributed by atoms with Gasteiger partial charge in [-0.3, -0.25) is 27.7 Å². The van der Waals surface area contributed by atoms with Gasteiger partial charge in [0.15, 0.2) is 0 Å². The summed E-state index contributed by atoms with van der Waals surface area (Å²) in [5.74, 6) is -1.03. The van der Waals surface area contributed by atoms with Crippen LogP contribution in [0.5, 0.6) is 0 Å². The van der Waals surface area contributed by atoms with Crippen LogP contribution in [0.1, 0.15) is 168 Å². The minimum atomic E-state index is -4.78. The van der Waals surface area contributed by atoms with Crippen LogP contribution < -0.4 is 0 Å². The second-order valence-corrected chi connectivity index (χ2v) is 17.6. The van der Waals surface area contributed by atoms with E-state index in [0.717, 1.165) is 51.4 Å². The normalized spacial score (nSPS) is 15.6. The summed E-state index contributed by atoms with van der Waals surface area (Å²) >= 11 is 0. The molecule has 0 aliphatic rings. The van der Waals surface area contributed by atoms with Crippen LogP contribution in [0.15, 0.2) is 24.3 Å². The monoisotopic (exact) mass is 872 g/mol. The van der Waals surface area contributed by atoms with Gasteiger partial charge in [-0.1, -0.05) is 115 Å². The number of phosphoric acid groups is 2. The van der Waals surface area contributed by atoms with Gasteiger partial charge in [0.1, 0.15) is 31.5 Å². The summed E-state index contributed by atoms with van der Waals surface area (Å²) in [6.45, 7) is 0.353. The van der Waals surface area contributed by atoms with E-state index in [9.17, 15) is 43.8 Å². The van der Waals surface area contributed by atoms with Crippen molar-refractivity contribution in [2.45, 2.75) is 186 Å². The molecule has 4 unspecified atom stereocenters. The van der Waals surface area contributed by atoms with Gasteiger partial charge in [0.05, 0.1) is 26.4 Å². The summed E-state index contributed by atoms with van der Waals surface area (Å²) in [7, 11) is -9.56. The van der Waals surface area contributed by atoms with E-state index in [-0.39, 0.29) is 12.8 Å². The summed E-state index contributed by atoms with van der Waals surface area (Å²) in [4.78, 5) is 43.5. The Kier molecular flexibility index (Phi) is 37.5. The lowest BCUT2D eigenvalue weighted by Gasteiger charge is -2.19. The van der Waals surface area contributed by atoms with Crippen LogP contribution in [-0.2, 0) is 46.3 Å². The summed E-state index contributed by atoms with van der Waals surface area (Å²) in [5.41, 5.74) is 0. The summed E-state index contributed by atoms with van der Waals surface area (Å²) in [5, 5.41) is 29.9. The minimum Gasteiger partial charge on any atom is -0.463 e. The number of unbranched alkanes of at least 4 members (excludes halogenated alkanes) is 18. The van der Waals surface area contributed by atoms with E-state index in [1.54, 1.807) is 0 Å². The number of ether oxygens (including phenoxy) is 2. The molecule has 0 aliphatic heterocycles. The molecular formula is C41H78O15P2. The third-order valence-corrected chi connectivity index (χ3v) is 10.8. The fraction of sp³-hybridized carbons (Fsp3) is 0.854. The Morgan fingerprint density at radius 1 is 0.431 bits per heavy atom. The molecule has 0 saturated carbocycles. The molecule has 0 aromatic heterocycles. The second kappa shape index (κ2) is 38.4. The third-order valence-electron chi connectivity index (χ3n) is 8.88. The third kappa shape index (κ3) is 40.0. The van der Waals surface area contributed by atoms with Gasteiger partial charge in [-0.2, -0.15) is 0 Å². The van der Waals surface area contributed by atoms with Gasteiger partial charge < -0.3 is 34.6 Å². The number of carbonyl (C=O) groups is 2. The summed E-state index contributed by atoms with van der Waals surface area (Å²) in [6.07, 6.45) is 29.0. The molecule has 0 bridgehead atoms. The van der Waals surface area contributed by atoms with E-state index >= 15 is 0 Å². The molecule has 0 aromatic rings. The molecule has 5 N–H and O–H groups in total. The molecule has 0 aliphatic carbocycles. The lowest BCUT2D eigenvalue weighted by Crippen LogP contribution is -2.25. The van der Waals surface area contributed by atoms with Gasteiger partial charge in [-0.15, -0.1) is 0 Å². The first-order valence-electron chi connectivity index (χ1n) is 21.7. The Bertz CT molecular complexity index is 1070. The Hall–Kier alpha value is -1.48. The van der Waals surface area contributed by atoms with Crippen molar-refractivity contribution >= 4 is 27.6 Å². The van der Waals surface area contributed by atoms with Gasteiger partial charge in [-0.25, -0.2) is 9.13 Å². The number of hydrogen-bond acceptors (Lipinski definition) is 13. The number of esters is 2. The first-order chi connectivity index (χ1) is 27.8. The maximum absolute atomic E-state index is 12.1. The smallest absolute Gasteiger partial charge is 0.463 e. The number of aliphatic hydroxyl groups is 3. The molecule has 0 heterocycles. The number of aliphatic hydroxyl groups excluding tert-OH is 3. The van der Waals surface area contributed by atoms with Crippen LogP contribution in [0.2, 0.25) is 0 Å². The van der Waals surface area contributed by atoms with Crippen LogP contribution in [0, 0.1) is 0 Å². The molecule has 0 aromatic carbocycles. The fourth-order valence-corrected chi connectivity index (χ4v) is 7.03. The van der Waals surface area contributed by atoms with Gasteiger partial charge in [-0.05, 0) is 64.2 Å². The van der Waals surface area contributed by atoms with Crippen LogP contribution in [0.4, 0.5) is 0 Å². The van der Waals surface area contributed by atoms with Crippen LogP contribution in [0.25, 0.3) is 0 Å². The quantitative estimate of drug-likeness (QED) is 0.0167. The molecule has 342 valence electrons. The van der Waals surface area contributed by atoms with Gasteiger partial charge in [0.25, 0.3) is 0 Å². The number of rotatable bonds is 42. The lowest BCUT2D eigenvalue weighted by molar-refractivity contribution is -0.148. The zero-order valence-electron chi connectivity index (χ0n) is 35.5. The Labute approximate surface area is 348 Å². The molecule has 4 atom stereocenters. The van der Waals surface area contributed by atoms with Crippen molar-refractivity contribution in [1.82, 2.24) is 0 Å². The zero-order chi connectivity index (χ0) is 43.2. The highest BCUT2D eigenvalue weighted by Crippen LogP contribution is 2.45. The number of phosphoric ester groups is 2. The Morgan fingerprint density at radius 3 is 1.00 bits per heavy atom. The van der Waals surface area contributed by atoms with Crippen molar-refractivity contribution in [3.05, 3.63) is 24.3 Å². The van der Waals surface area contributed by atoms with Crippen LogP contribution in [-0.4, -0.2) is 95.0 Å². The number of carbonyl (C=O) groups excluding carboxylic acids is 2. The molecule has 0 saturated heterocycles. The Morgan fingerprint density at radius 2 is 0.690 bits per heavy atom. The molecule has 58 heavy (non-hydrogen) atoms. The largest absolute Gasteiger partial charge is 0.472 e. The number of hydrogen-bond donors (Lipinski definition) is 5. The van der Waals surface area contributed by atoms with Crippen molar-refractivity contribution in [1.29, 1.82) is 0 Å². The van der Waals surface area contributed by atoms with E-state index in [1.807, 2.05) is 0 Å². The molecule has 17 heteroatoms. The molecule has 0 fully saturated rings. The maximum Gasteiger partial charge on any atom is 0.472 e. The van der Waals surface area contributed by atoms with Crippen molar-refractivity contribution in [3.63, 3.8) is 0 Å². The second-order valence-electron chi connectivity index (χ2n) is 14.7. The molecule has 0 amide bonds. The lowest BCUT2D eigenvalue weighted by atomic mass is 10.1. The van der Waals surface area contributed by atoms with Crippen molar-refractivity contribution < 1.29 is 71.4 Å². The molecule has 0 spiro atoms. The first kappa shape index (κ1) is 56.5. The maximum atomic E-state index is 12.1. The van der Waals surface area contributed by atoms with E-state index < -0.39 is 85.5 Å². The Balaban J connectivity index is 3.96. The standard InChI is InChI=1S/C41H78O15P2/c1-3-5-7-9-11-13-15-17-19-21-23-25-27-29-40(45)51-31-37(42)33-53-57(47,48)55-35-39(44)36-56-58(49,50)54-34-38(43)32-52-41(46)30-28-26-24-22-20-18-16-14-12-10-8-6-4-2/h17-20,37-39,42-44H,3-16,21-36H2,1-2H3,(H,47,48)(H,49,50)/b19-17-,20-18-. The van der Waals surface area contributed by atoms with Crippen molar-refractivity contribution in [3.8, 4) is 0 Å². The van der Waals surface area contributed by atoms with Crippen molar-refractivity contribution in [2.75, 3.05) is 39.6 Å². The van der Waals surface area contributed by atoms with Gasteiger partial charge in [0, 0.05) is 12.8 Å². The highest BCUT2D eigenvalue weighted by atomic mass is 31.2. The van der Waals surface area contributed by atoms with Crippen LogP contribution >= 0.6 is 15.6 Å². The fourth-order valence-electron chi connectivity index (χ4n) is 5.44. The van der Waals surface area contributed by atoms with E-state index in [2.05, 4.69) is 56.2 Å². The van der Waals surface area contributed by atoms with E-state index in [1.165, 1.54) is 77.0 Å². The predicted molar refractivity (Wildman–Crippen MR) is 224 cm³/mol. The molecular weight excluding hydrogens is 794 g/mol. The van der Waals surface area contributed by atoms with Gasteiger partial charge in [0.2, 0.25) is 0 Å². The van der Waals surface area contributed by atoms with Crippen molar-refractivity contribution in [2.24, 2.45) is 0 Å². The predicted octanol–water partition coefficient (Wildman–Crippen LogP) is 8.94. The van der Waals surface area contributed by atoms with Crippen LogP contribution in [0.3, 0.4) is 0 Å². The van der Waals surface area contributed by atoms with E-state index in [0.29, 0.717) is 12.8 Å². The highest BCUT2D eigenvalue weighted by Gasteiger charge is 2.28. The number of allylic oxidation sites excluding steroid dienone is 4.